The van der Waals surface area contributed by atoms with E-state index in [0.29, 0.717) is 5.95 Å². The minimum atomic E-state index is 0.625. The number of aryl methyl sites for hydroxylation is 2. The zero-order valence-electron chi connectivity index (χ0n) is 18.7. The third kappa shape index (κ3) is 3.42. The van der Waals surface area contributed by atoms with Crippen LogP contribution in [0.2, 0.25) is 0 Å². The Morgan fingerprint density at radius 3 is 2.53 bits per heavy atom. The smallest absolute Gasteiger partial charge is 0.222 e. The Morgan fingerprint density at radius 2 is 1.69 bits per heavy atom. The van der Waals surface area contributed by atoms with E-state index in [9.17, 15) is 0 Å². The van der Waals surface area contributed by atoms with Crippen LogP contribution in [0.5, 0.6) is 0 Å². The summed E-state index contributed by atoms with van der Waals surface area (Å²) in [5.41, 5.74) is 8.05. The fourth-order valence-electron chi connectivity index (χ4n) is 4.17. The highest BCUT2D eigenvalue weighted by atomic mass is 15.1. The molecule has 0 atom stereocenters. The van der Waals surface area contributed by atoms with Crippen LogP contribution in [0.4, 0.5) is 17.5 Å². The van der Waals surface area contributed by atoms with E-state index in [1.54, 1.807) is 0 Å². The molecule has 32 heavy (non-hydrogen) atoms. The second-order valence-electron chi connectivity index (χ2n) is 8.10. The van der Waals surface area contributed by atoms with Crippen molar-refractivity contribution in [3.8, 4) is 11.1 Å². The Bertz CT molecular complexity index is 1470. The molecule has 2 heterocycles. The zero-order chi connectivity index (χ0) is 22.2. The van der Waals surface area contributed by atoms with Gasteiger partial charge in [-0.2, -0.15) is 0 Å². The number of hydrogen-bond acceptors (Lipinski definition) is 5. The standard InChI is InChI=1S/C27H25N5/c1-16-6-5-7-23(18(16)3)31-26-22-10-8-17(2)25(21(22)12-13-29-26)19-9-11-24-20(14-19)15-30-27(28-4)32-24/h5-15H,1-4H3,(H,29,31)(H,28,30,32). The molecule has 0 fully saturated rings. The van der Waals surface area contributed by atoms with Crippen LogP contribution >= 0.6 is 0 Å². The number of pyridine rings is 1. The summed E-state index contributed by atoms with van der Waals surface area (Å²) >= 11 is 0. The number of nitrogens with zero attached hydrogens (tertiary/aromatic N) is 3. The van der Waals surface area contributed by atoms with Gasteiger partial charge in [-0.05, 0) is 78.2 Å². The number of nitrogens with one attached hydrogen (secondary N) is 2. The van der Waals surface area contributed by atoms with Gasteiger partial charge in [0.05, 0.1) is 5.52 Å². The van der Waals surface area contributed by atoms with Gasteiger partial charge in [0.2, 0.25) is 5.95 Å². The number of fused-ring (bicyclic) bond motifs is 2. The molecule has 0 saturated heterocycles. The predicted octanol–water partition coefficient (Wildman–Crippen LogP) is 6.56. The van der Waals surface area contributed by atoms with Crippen LogP contribution in [-0.2, 0) is 0 Å². The molecule has 0 aliphatic rings. The topological polar surface area (TPSA) is 62.7 Å². The van der Waals surface area contributed by atoms with Crippen molar-refractivity contribution >= 4 is 39.1 Å². The molecule has 0 saturated carbocycles. The molecule has 3 aromatic carbocycles. The fourth-order valence-corrected chi connectivity index (χ4v) is 4.17. The number of anilines is 3. The maximum atomic E-state index is 4.67. The molecule has 158 valence electrons. The number of aromatic nitrogens is 3. The minimum Gasteiger partial charge on any atom is -0.357 e. The third-order valence-corrected chi connectivity index (χ3v) is 6.10. The summed E-state index contributed by atoms with van der Waals surface area (Å²) in [7, 11) is 1.83. The molecule has 2 aromatic heterocycles. The van der Waals surface area contributed by atoms with Gasteiger partial charge in [-0.3, -0.25) is 0 Å². The molecule has 0 aliphatic carbocycles. The van der Waals surface area contributed by atoms with Crippen molar-refractivity contribution < 1.29 is 0 Å². The Morgan fingerprint density at radius 1 is 0.812 bits per heavy atom. The van der Waals surface area contributed by atoms with Crippen molar-refractivity contribution in [1.82, 2.24) is 15.0 Å². The first-order chi connectivity index (χ1) is 15.5. The van der Waals surface area contributed by atoms with Crippen molar-refractivity contribution in [3.63, 3.8) is 0 Å². The first-order valence-electron chi connectivity index (χ1n) is 10.7. The third-order valence-electron chi connectivity index (χ3n) is 6.10. The van der Waals surface area contributed by atoms with Crippen LogP contribution in [0.15, 0.2) is 67.0 Å². The molecule has 5 aromatic rings. The lowest BCUT2D eigenvalue weighted by atomic mass is 9.93. The molecular formula is C27H25N5. The Hall–Kier alpha value is -3.99. The van der Waals surface area contributed by atoms with E-state index in [-0.39, 0.29) is 0 Å². The molecule has 5 nitrogen and oxygen atoms in total. The summed E-state index contributed by atoms with van der Waals surface area (Å²) in [6.45, 7) is 6.41. The lowest BCUT2D eigenvalue weighted by Crippen LogP contribution is -1.99. The van der Waals surface area contributed by atoms with Gasteiger partial charge in [0, 0.05) is 35.9 Å². The van der Waals surface area contributed by atoms with E-state index in [2.05, 4.69) is 101 Å². The van der Waals surface area contributed by atoms with Crippen molar-refractivity contribution in [1.29, 1.82) is 0 Å². The summed E-state index contributed by atoms with van der Waals surface area (Å²) in [4.78, 5) is 13.6. The fraction of sp³-hybridized carbons (Fsp3) is 0.148. The SMILES string of the molecule is CNc1ncc2cc(-c3c(C)ccc4c(Nc5cccc(C)c5C)nccc34)ccc2n1. The first kappa shape index (κ1) is 19.9. The highest BCUT2D eigenvalue weighted by molar-refractivity contribution is 6.04. The molecule has 0 radical (unpaired) electrons. The maximum Gasteiger partial charge on any atom is 0.222 e. The van der Waals surface area contributed by atoms with Gasteiger partial charge in [0.1, 0.15) is 5.82 Å². The second kappa shape index (κ2) is 7.93. The van der Waals surface area contributed by atoms with Crippen molar-refractivity contribution in [2.45, 2.75) is 20.8 Å². The summed E-state index contributed by atoms with van der Waals surface area (Å²) in [5.74, 6) is 1.49. The van der Waals surface area contributed by atoms with E-state index in [0.717, 1.165) is 33.4 Å². The van der Waals surface area contributed by atoms with Crippen LogP contribution in [0.1, 0.15) is 16.7 Å². The second-order valence-corrected chi connectivity index (χ2v) is 8.10. The molecular weight excluding hydrogens is 394 g/mol. The normalized spacial score (nSPS) is 11.1. The molecule has 0 unspecified atom stereocenters. The number of rotatable bonds is 4. The summed E-state index contributed by atoms with van der Waals surface area (Å²) in [6.07, 6.45) is 3.75. The molecule has 2 N–H and O–H groups in total. The number of hydrogen-bond donors (Lipinski definition) is 2. The molecule has 0 aliphatic heterocycles. The zero-order valence-corrected chi connectivity index (χ0v) is 18.7. The average molecular weight is 420 g/mol. The minimum absolute atomic E-state index is 0.625. The van der Waals surface area contributed by atoms with E-state index >= 15 is 0 Å². The van der Waals surface area contributed by atoms with Crippen molar-refractivity contribution in [2.75, 3.05) is 17.7 Å². The molecule has 0 bridgehead atoms. The lowest BCUT2D eigenvalue weighted by Gasteiger charge is -2.16. The van der Waals surface area contributed by atoms with E-state index < -0.39 is 0 Å². The molecule has 0 spiro atoms. The van der Waals surface area contributed by atoms with Crippen LogP contribution in [-0.4, -0.2) is 22.0 Å². The van der Waals surface area contributed by atoms with Gasteiger partial charge in [-0.15, -0.1) is 0 Å². The maximum absolute atomic E-state index is 4.67. The largest absolute Gasteiger partial charge is 0.357 e. The average Bonchev–Trinajstić information content (AvgIpc) is 2.81. The number of benzene rings is 3. The van der Waals surface area contributed by atoms with E-state index in [4.69, 9.17) is 0 Å². The molecule has 0 amide bonds. The Balaban J connectivity index is 1.66. The Labute approximate surface area is 187 Å². The van der Waals surface area contributed by atoms with Crippen LogP contribution in [0.25, 0.3) is 32.8 Å². The summed E-state index contributed by atoms with van der Waals surface area (Å²) < 4.78 is 0. The van der Waals surface area contributed by atoms with E-state index in [1.165, 1.54) is 27.6 Å². The summed E-state index contributed by atoms with van der Waals surface area (Å²) in [5, 5.41) is 9.83. The molecule has 5 rings (SSSR count). The van der Waals surface area contributed by atoms with Gasteiger partial charge < -0.3 is 10.6 Å². The highest BCUT2D eigenvalue weighted by Crippen LogP contribution is 2.36. The van der Waals surface area contributed by atoms with Crippen LogP contribution < -0.4 is 10.6 Å². The van der Waals surface area contributed by atoms with Gasteiger partial charge >= 0.3 is 0 Å². The van der Waals surface area contributed by atoms with Crippen LogP contribution in [0.3, 0.4) is 0 Å². The first-order valence-corrected chi connectivity index (χ1v) is 10.7. The quantitative estimate of drug-likeness (QED) is 0.346. The van der Waals surface area contributed by atoms with Crippen molar-refractivity contribution in [2.24, 2.45) is 0 Å². The van der Waals surface area contributed by atoms with Gasteiger partial charge in [-0.25, -0.2) is 15.0 Å². The summed E-state index contributed by atoms with van der Waals surface area (Å²) in [6, 6.07) is 19.1. The lowest BCUT2D eigenvalue weighted by molar-refractivity contribution is 1.19. The van der Waals surface area contributed by atoms with Gasteiger partial charge in [0.25, 0.3) is 0 Å². The van der Waals surface area contributed by atoms with E-state index in [1.807, 2.05) is 19.4 Å². The highest BCUT2D eigenvalue weighted by Gasteiger charge is 2.13. The van der Waals surface area contributed by atoms with Gasteiger partial charge in [-0.1, -0.05) is 30.3 Å². The van der Waals surface area contributed by atoms with Gasteiger partial charge in [0.15, 0.2) is 0 Å². The van der Waals surface area contributed by atoms with Crippen LogP contribution in [0, 0.1) is 20.8 Å². The van der Waals surface area contributed by atoms with Crippen molar-refractivity contribution in [3.05, 3.63) is 83.7 Å². The predicted molar refractivity (Wildman–Crippen MR) is 134 cm³/mol. The Kier molecular flexibility index (Phi) is 4.94. The molecule has 5 heteroatoms. The monoisotopic (exact) mass is 419 g/mol.